The molecule has 1 amide bonds. The van der Waals surface area contributed by atoms with E-state index in [0.717, 1.165) is 5.69 Å². The molecule has 12 heteroatoms. The average Bonchev–Trinajstić information content (AvgIpc) is 3.61. The van der Waals surface area contributed by atoms with E-state index in [1.165, 1.54) is 12.1 Å². The van der Waals surface area contributed by atoms with Gasteiger partial charge in [0.05, 0.1) is 53.7 Å². The smallest absolute Gasteiger partial charge is 0.233 e. The van der Waals surface area contributed by atoms with Gasteiger partial charge in [-0.2, -0.15) is 0 Å². The van der Waals surface area contributed by atoms with E-state index in [-0.39, 0.29) is 24.9 Å². The second-order valence-corrected chi connectivity index (χ2v) is 10.2. The van der Waals surface area contributed by atoms with Crippen LogP contribution in [-0.2, 0) is 14.3 Å². The maximum absolute atomic E-state index is 13.7. The standard InChI is InChI=1S/C28H28FN7O4/c1-28(26(38)36-12-9-20(37)14-36)15-39-25(40-16-28)24-34-22(17-4-6-18(29)7-5-17)23(35-24)21-8-11-31-27(33-21)32-19-3-2-10-30-13-19/h2-8,10-11,13,20,25,37H,9,12,14-16H2,1H3,(H,34,35)(H,31,32,33). The Hall–Kier alpha value is -4.26. The maximum atomic E-state index is 13.7. The predicted octanol–water partition coefficient (Wildman–Crippen LogP) is 3.46. The van der Waals surface area contributed by atoms with Crippen molar-refractivity contribution in [3.8, 4) is 22.6 Å². The van der Waals surface area contributed by atoms with E-state index in [0.29, 0.717) is 53.9 Å². The second kappa shape index (κ2) is 10.7. The number of ether oxygens (including phenoxy) is 2. The zero-order chi connectivity index (χ0) is 27.7. The van der Waals surface area contributed by atoms with Gasteiger partial charge < -0.3 is 29.8 Å². The van der Waals surface area contributed by atoms with Crippen molar-refractivity contribution in [3.63, 3.8) is 0 Å². The van der Waals surface area contributed by atoms with Gasteiger partial charge in [-0.15, -0.1) is 0 Å². The maximum Gasteiger partial charge on any atom is 0.233 e. The number of β-amino-alcohol motifs (C(OH)–C–C–N with tert-alkyl or cyclic N) is 1. The third kappa shape index (κ3) is 5.28. The molecule has 40 heavy (non-hydrogen) atoms. The molecule has 0 radical (unpaired) electrons. The topological polar surface area (TPSA) is 138 Å². The van der Waals surface area contributed by atoms with E-state index >= 15 is 0 Å². The molecule has 4 aromatic rings. The van der Waals surface area contributed by atoms with Crippen LogP contribution in [0.25, 0.3) is 22.6 Å². The van der Waals surface area contributed by atoms with Crippen molar-refractivity contribution in [1.29, 1.82) is 0 Å². The van der Waals surface area contributed by atoms with E-state index in [2.05, 4.69) is 25.3 Å². The van der Waals surface area contributed by atoms with Crippen molar-refractivity contribution >= 4 is 17.5 Å². The van der Waals surface area contributed by atoms with Gasteiger partial charge in [0.25, 0.3) is 0 Å². The fourth-order valence-corrected chi connectivity index (χ4v) is 4.83. The number of amides is 1. The highest BCUT2D eigenvalue weighted by atomic mass is 19.1. The Kier molecular flexibility index (Phi) is 6.96. The number of hydrogen-bond donors (Lipinski definition) is 3. The van der Waals surface area contributed by atoms with Gasteiger partial charge in [-0.05, 0) is 55.8 Å². The van der Waals surface area contributed by atoms with Crippen LogP contribution in [0.3, 0.4) is 0 Å². The molecule has 11 nitrogen and oxygen atoms in total. The molecule has 0 spiro atoms. The van der Waals surface area contributed by atoms with Gasteiger partial charge in [0.15, 0.2) is 5.82 Å². The Bertz CT molecular complexity index is 1490. The summed E-state index contributed by atoms with van der Waals surface area (Å²) in [5.74, 6) is 0.280. The van der Waals surface area contributed by atoms with Crippen molar-refractivity contribution in [2.45, 2.75) is 25.7 Å². The molecule has 0 bridgehead atoms. The van der Waals surface area contributed by atoms with Crippen molar-refractivity contribution < 1.29 is 23.8 Å². The summed E-state index contributed by atoms with van der Waals surface area (Å²) in [7, 11) is 0. The van der Waals surface area contributed by atoms with Gasteiger partial charge in [0, 0.05) is 31.0 Å². The van der Waals surface area contributed by atoms with Crippen molar-refractivity contribution in [1.82, 2.24) is 29.8 Å². The zero-order valence-electron chi connectivity index (χ0n) is 21.7. The van der Waals surface area contributed by atoms with Crippen LogP contribution >= 0.6 is 0 Å². The number of aromatic nitrogens is 5. The number of nitrogens with zero attached hydrogens (tertiary/aromatic N) is 5. The number of aliphatic hydroxyl groups excluding tert-OH is 1. The van der Waals surface area contributed by atoms with Crippen molar-refractivity contribution in [2.75, 3.05) is 31.6 Å². The van der Waals surface area contributed by atoms with Crippen LogP contribution in [0.4, 0.5) is 16.0 Å². The largest absolute Gasteiger partial charge is 0.391 e. The summed E-state index contributed by atoms with van der Waals surface area (Å²) in [5, 5.41) is 13.0. The van der Waals surface area contributed by atoms with Gasteiger partial charge in [0.1, 0.15) is 5.82 Å². The highest BCUT2D eigenvalue weighted by Crippen LogP contribution is 2.36. The predicted molar refractivity (Wildman–Crippen MR) is 142 cm³/mol. The van der Waals surface area contributed by atoms with E-state index in [4.69, 9.17) is 14.5 Å². The summed E-state index contributed by atoms with van der Waals surface area (Å²) in [6.45, 7) is 2.87. The number of H-pyrrole nitrogens is 1. The molecule has 1 unspecified atom stereocenters. The summed E-state index contributed by atoms with van der Waals surface area (Å²) < 4.78 is 25.7. The molecule has 3 N–H and O–H groups in total. The average molecular weight is 546 g/mol. The number of carbonyl (C=O) groups is 1. The lowest BCUT2D eigenvalue weighted by molar-refractivity contribution is -0.234. The Morgan fingerprint density at radius 2 is 1.95 bits per heavy atom. The van der Waals surface area contributed by atoms with Crippen molar-refractivity contribution in [3.05, 3.63) is 72.7 Å². The first-order valence-corrected chi connectivity index (χ1v) is 12.9. The summed E-state index contributed by atoms with van der Waals surface area (Å²) in [6.07, 6.45) is 4.17. The molecular weight excluding hydrogens is 517 g/mol. The lowest BCUT2D eigenvalue weighted by Crippen LogP contribution is -2.49. The summed E-state index contributed by atoms with van der Waals surface area (Å²) in [4.78, 5) is 35.8. The molecule has 0 saturated carbocycles. The number of anilines is 2. The monoisotopic (exact) mass is 545 g/mol. The Morgan fingerprint density at radius 1 is 1.15 bits per heavy atom. The summed E-state index contributed by atoms with van der Waals surface area (Å²) in [5.41, 5.74) is 2.17. The Balaban J connectivity index is 1.27. The number of pyridine rings is 1. The molecule has 2 saturated heterocycles. The number of carbonyl (C=O) groups excluding carboxylic acids is 1. The zero-order valence-corrected chi connectivity index (χ0v) is 21.7. The van der Waals surface area contributed by atoms with Crippen molar-refractivity contribution in [2.24, 2.45) is 5.41 Å². The van der Waals surface area contributed by atoms with Crippen LogP contribution in [0, 0.1) is 11.2 Å². The molecule has 1 aromatic carbocycles. The molecule has 3 aromatic heterocycles. The third-order valence-electron chi connectivity index (χ3n) is 6.97. The lowest BCUT2D eigenvalue weighted by atomic mass is 9.90. The summed E-state index contributed by atoms with van der Waals surface area (Å²) >= 11 is 0. The number of benzene rings is 1. The SMILES string of the molecule is CC1(C(=O)N2CCC(O)C2)COC(c2nc(-c3ccc(F)cc3)c(-c3ccnc(Nc4cccnc4)n3)[nH]2)OC1. The van der Waals surface area contributed by atoms with Crippen LogP contribution in [0.5, 0.6) is 0 Å². The van der Waals surface area contributed by atoms with Gasteiger partial charge >= 0.3 is 0 Å². The molecule has 5 heterocycles. The van der Waals surface area contributed by atoms with E-state index in [9.17, 15) is 14.3 Å². The van der Waals surface area contributed by atoms with Crippen LogP contribution in [0.15, 0.2) is 61.1 Å². The van der Waals surface area contributed by atoms with Gasteiger partial charge in [0.2, 0.25) is 18.1 Å². The molecule has 206 valence electrons. The van der Waals surface area contributed by atoms with Gasteiger partial charge in [-0.25, -0.2) is 19.3 Å². The number of imidazole rings is 1. The second-order valence-electron chi connectivity index (χ2n) is 10.2. The molecule has 0 aliphatic carbocycles. The Morgan fingerprint density at radius 3 is 2.65 bits per heavy atom. The number of aromatic amines is 1. The fourth-order valence-electron chi connectivity index (χ4n) is 4.83. The van der Waals surface area contributed by atoms with E-state index < -0.39 is 17.8 Å². The normalized spacial score (nSPS) is 22.8. The lowest BCUT2D eigenvalue weighted by Gasteiger charge is -2.37. The molecule has 2 fully saturated rings. The first-order valence-electron chi connectivity index (χ1n) is 12.9. The van der Waals surface area contributed by atoms with Crippen LogP contribution in [0.1, 0.15) is 25.5 Å². The van der Waals surface area contributed by atoms with E-state index in [1.807, 2.05) is 6.07 Å². The van der Waals surface area contributed by atoms with Crippen LogP contribution in [-0.4, -0.2) is 73.2 Å². The Labute approximate surface area is 229 Å². The highest BCUT2D eigenvalue weighted by Gasteiger charge is 2.44. The summed E-state index contributed by atoms with van der Waals surface area (Å²) in [6, 6.07) is 11.4. The number of halogens is 1. The minimum Gasteiger partial charge on any atom is -0.391 e. The minimum absolute atomic E-state index is 0.107. The molecular formula is C28H28FN7O4. The number of hydrogen-bond acceptors (Lipinski definition) is 9. The van der Waals surface area contributed by atoms with Crippen LogP contribution in [0.2, 0.25) is 0 Å². The first kappa shape index (κ1) is 26.0. The molecule has 1 atom stereocenters. The highest BCUT2D eigenvalue weighted by molar-refractivity contribution is 5.83. The minimum atomic E-state index is -0.880. The molecule has 6 rings (SSSR count). The first-order chi connectivity index (χ1) is 19.4. The van der Waals surface area contributed by atoms with Gasteiger partial charge in [-0.1, -0.05) is 0 Å². The third-order valence-corrected chi connectivity index (χ3v) is 6.97. The fraction of sp³-hybridized carbons (Fsp3) is 0.321. The quantitative estimate of drug-likeness (QED) is 0.332. The number of nitrogens with one attached hydrogen (secondary N) is 2. The number of rotatable bonds is 6. The number of likely N-dealkylation sites (tertiary alicyclic amines) is 1. The number of aliphatic hydroxyl groups is 1. The van der Waals surface area contributed by atoms with Crippen LogP contribution < -0.4 is 5.32 Å². The molecule has 2 aliphatic heterocycles. The molecule has 2 aliphatic rings. The van der Waals surface area contributed by atoms with E-state index in [1.54, 1.807) is 54.7 Å². The van der Waals surface area contributed by atoms with Gasteiger partial charge in [-0.3, -0.25) is 9.78 Å².